The van der Waals surface area contributed by atoms with Crippen LogP contribution in [0, 0.1) is 0 Å². The number of hydrogen-bond acceptors (Lipinski definition) is 1. The molecule has 4 aromatic carbocycles. The van der Waals surface area contributed by atoms with Gasteiger partial charge in [-0.05, 0) is 157 Å². The van der Waals surface area contributed by atoms with Crippen LogP contribution in [-0.2, 0) is 38.5 Å². The summed E-state index contributed by atoms with van der Waals surface area (Å²) in [7, 11) is 0. The predicted octanol–water partition coefficient (Wildman–Crippen LogP) is 12.3. The first kappa shape index (κ1) is 33.2. The predicted molar refractivity (Wildman–Crippen MR) is 224 cm³/mol. The van der Waals surface area contributed by atoms with Crippen LogP contribution >= 0.6 is 0 Å². The maximum atomic E-state index is 4.84. The van der Waals surface area contributed by atoms with Crippen molar-refractivity contribution in [3.8, 4) is 22.5 Å². The van der Waals surface area contributed by atoms with Crippen LogP contribution in [0.5, 0.6) is 0 Å². The van der Waals surface area contributed by atoms with Gasteiger partial charge < -0.3 is 4.57 Å². The van der Waals surface area contributed by atoms with Crippen LogP contribution in [0.15, 0.2) is 120 Å². The van der Waals surface area contributed by atoms with Gasteiger partial charge in [0.15, 0.2) is 0 Å². The van der Waals surface area contributed by atoms with Gasteiger partial charge in [0, 0.05) is 34.5 Å². The third-order valence-corrected chi connectivity index (χ3v) is 11.4. The highest BCUT2D eigenvalue weighted by Gasteiger charge is 2.24. The van der Waals surface area contributed by atoms with E-state index in [4.69, 9.17) is 4.99 Å². The minimum atomic E-state index is 0.908. The zero-order valence-electron chi connectivity index (χ0n) is 31.0. The number of nitrogens with zero attached hydrogens (tertiary/aromatic N) is 3. The molecule has 0 aliphatic heterocycles. The zero-order valence-corrected chi connectivity index (χ0v) is 31.0. The van der Waals surface area contributed by atoms with Crippen LogP contribution in [0.1, 0.15) is 94.7 Å². The standard InChI is InChI=1S/C50H47N3/c1-3-43-44-11-5-10-16-49(44)53(50(43)51-4-2)42-31-23-38(24-32-42)34-36-19-27-40(28-20-36)39-25-17-35(18-26-39)33-37-21-29-41(30-22-37)52-47-14-8-6-12-45(47)46-13-7-9-15-48(46)52/h4,8-10,14-32H,3,5-7,11-13,33-34H2,1-2H3/b51-4-. The van der Waals surface area contributed by atoms with Crippen molar-refractivity contribution in [2.45, 2.75) is 71.6 Å². The summed E-state index contributed by atoms with van der Waals surface area (Å²) in [6, 6.07) is 36.5. The molecule has 0 fully saturated rings. The molecule has 0 radical (unpaired) electrons. The fourth-order valence-electron chi connectivity index (χ4n) is 8.81. The molecule has 2 aromatic heterocycles. The number of allylic oxidation sites excluding steroid dienone is 3. The molecule has 0 saturated carbocycles. The van der Waals surface area contributed by atoms with Crippen molar-refractivity contribution in [1.29, 1.82) is 0 Å². The van der Waals surface area contributed by atoms with Gasteiger partial charge in [-0.3, -0.25) is 4.57 Å². The number of rotatable bonds is 9. The Bertz CT molecular complexity index is 2350. The van der Waals surface area contributed by atoms with Crippen LogP contribution in [0.4, 0.5) is 5.82 Å². The molecule has 262 valence electrons. The van der Waals surface area contributed by atoms with E-state index in [0.29, 0.717) is 0 Å². The topological polar surface area (TPSA) is 22.2 Å². The molecule has 0 saturated heterocycles. The van der Waals surface area contributed by atoms with Gasteiger partial charge in [-0.2, -0.15) is 0 Å². The highest BCUT2D eigenvalue weighted by Crippen LogP contribution is 2.38. The molecule has 0 bridgehead atoms. The molecule has 3 nitrogen and oxygen atoms in total. The van der Waals surface area contributed by atoms with Gasteiger partial charge in [-0.15, -0.1) is 0 Å². The average molecular weight is 690 g/mol. The van der Waals surface area contributed by atoms with Crippen molar-refractivity contribution in [2.75, 3.05) is 0 Å². The molecule has 3 aliphatic rings. The van der Waals surface area contributed by atoms with Crippen molar-refractivity contribution in [3.05, 3.63) is 177 Å². The molecule has 2 heterocycles. The summed E-state index contributed by atoms with van der Waals surface area (Å²) in [5.74, 6) is 1.08. The second-order valence-electron chi connectivity index (χ2n) is 14.7. The first-order valence-corrected chi connectivity index (χ1v) is 19.6. The quantitative estimate of drug-likeness (QED) is 0.135. The lowest BCUT2D eigenvalue weighted by molar-refractivity contribution is 0.922. The van der Waals surface area contributed by atoms with E-state index < -0.39 is 0 Å². The van der Waals surface area contributed by atoms with Gasteiger partial charge in [-0.1, -0.05) is 97.9 Å². The van der Waals surface area contributed by atoms with Crippen molar-refractivity contribution < 1.29 is 0 Å². The number of aliphatic imine (C=N–C) groups is 1. The Morgan fingerprint density at radius 1 is 0.509 bits per heavy atom. The second-order valence-corrected chi connectivity index (χ2v) is 14.7. The molecule has 53 heavy (non-hydrogen) atoms. The van der Waals surface area contributed by atoms with Gasteiger partial charge >= 0.3 is 0 Å². The van der Waals surface area contributed by atoms with Crippen LogP contribution in [0.3, 0.4) is 0 Å². The number of fused-ring (bicyclic) bond motifs is 4. The monoisotopic (exact) mass is 689 g/mol. The molecular formula is C50H47N3. The lowest BCUT2D eigenvalue weighted by Crippen LogP contribution is -2.02. The molecule has 9 rings (SSSR count). The maximum absolute atomic E-state index is 4.84. The van der Waals surface area contributed by atoms with Crippen LogP contribution in [-0.4, -0.2) is 15.3 Å². The second kappa shape index (κ2) is 14.4. The molecule has 0 N–H and O–H groups in total. The normalized spacial score (nSPS) is 14.5. The van der Waals surface area contributed by atoms with Gasteiger partial charge in [0.25, 0.3) is 0 Å². The summed E-state index contributed by atoms with van der Waals surface area (Å²) in [6.07, 6.45) is 25.5. The molecule has 6 aromatic rings. The zero-order chi connectivity index (χ0) is 35.7. The largest absolute Gasteiger partial charge is 0.310 e. The first-order chi connectivity index (χ1) is 26.2. The summed E-state index contributed by atoms with van der Waals surface area (Å²) in [4.78, 5) is 4.84. The van der Waals surface area contributed by atoms with Crippen LogP contribution in [0.2, 0.25) is 0 Å². The van der Waals surface area contributed by atoms with E-state index in [0.717, 1.165) is 63.6 Å². The maximum Gasteiger partial charge on any atom is 0.140 e. The lowest BCUT2D eigenvalue weighted by Gasteiger charge is -2.14. The van der Waals surface area contributed by atoms with E-state index in [9.17, 15) is 0 Å². The summed E-state index contributed by atoms with van der Waals surface area (Å²) in [6.45, 7) is 4.25. The molecular weight excluding hydrogens is 643 g/mol. The summed E-state index contributed by atoms with van der Waals surface area (Å²) >= 11 is 0. The van der Waals surface area contributed by atoms with Gasteiger partial charge in [0.2, 0.25) is 0 Å². The van der Waals surface area contributed by atoms with Gasteiger partial charge in [0.05, 0.1) is 5.69 Å². The Morgan fingerprint density at radius 2 is 0.906 bits per heavy atom. The third kappa shape index (κ3) is 6.29. The van der Waals surface area contributed by atoms with Crippen molar-refractivity contribution in [1.82, 2.24) is 9.13 Å². The van der Waals surface area contributed by atoms with Gasteiger partial charge in [0.1, 0.15) is 5.82 Å². The average Bonchev–Trinajstić information content (AvgIpc) is 3.72. The van der Waals surface area contributed by atoms with E-state index in [-0.39, 0.29) is 0 Å². The SMILES string of the molecule is C/C=N\c1c(CC)c2c(n1-c1ccc(Cc3ccc(-c4ccc(Cc5ccc(-n6c7c(c8c6C=CCC8)CCC=C7)cc5)cc4)cc3)cc1)C=CCC2. The highest BCUT2D eigenvalue weighted by atomic mass is 15.1. The van der Waals surface area contributed by atoms with Crippen molar-refractivity contribution in [2.24, 2.45) is 4.99 Å². The van der Waals surface area contributed by atoms with Crippen molar-refractivity contribution in [3.63, 3.8) is 0 Å². The molecule has 0 atom stereocenters. The van der Waals surface area contributed by atoms with E-state index in [1.807, 2.05) is 13.1 Å². The molecule has 3 aliphatic carbocycles. The summed E-state index contributed by atoms with van der Waals surface area (Å²) < 4.78 is 4.82. The summed E-state index contributed by atoms with van der Waals surface area (Å²) in [5, 5.41) is 0. The number of hydrogen-bond donors (Lipinski definition) is 0. The van der Waals surface area contributed by atoms with Gasteiger partial charge in [-0.25, -0.2) is 4.99 Å². The Hall–Kier alpha value is -5.67. The van der Waals surface area contributed by atoms with E-state index in [1.165, 1.54) is 73.0 Å². The number of aromatic nitrogens is 2. The van der Waals surface area contributed by atoms with Crippen LogP contribution < -0.4 is 0 Å². The smallest absolute Gasteiger partial charge is 0.140 e. The third-order valence-electron chi connectivity index (χ3n) is 11.4. The Kier molecular flexibility index (Phi) is 9.01. The molecule has 0 spiro atoms. The Morgan fingerprint density at radius 3 is 1.34 bits per heavy atom. The van der Waals surface area contributed by atoms with E-state index in [2.05, 4.69) is 150 Å². The highest BCUT2D eigenvalue weighted by molar-refractivity contribution is 5.72. The Balaban J connectivity index is 0.863. The molecule has 0 amide bonds. The first-order valence-electron chi connectivity index (χ1n) is 19.6. The van der Waals surface area contributed by atoms with E-state index in [1.54, 1.807) is 11.1 Å². The molecule has 0 unspecified atom stereocenters. The lowest BCUT2D eigenvalue weighted by atomic mass is 9.94. The number of benzene rings is 4. The Labute approximate surface area is 314 Å². The molecule has 3 heteroatoms. The summed E-state index contributed by atoms with van der Waals surface area (Å²) in [5.41, 5.74) is 20.2. The van der Waals surface area contributed by atoms with Crippen LogP contribution in [0.25, 0.3) is 40.7 Å². The minimum absolute atomic E-state index is 0.908. The fraction of sp³-hybridized carbons (Fsp3) is 0.220. The minimum Gasteiger partial charge on any atom is -0.310 e. The van der Waals surface area contributed by atoms with Crippen molar-refractivity contribution >= 4 is 30.3 Å². The fourth-order valence-corrected chi connectivity index (χ4v) is 8.81. The van der Waals surface area contributed by atoms with E-state index >= 15 is 0 Å².